The van der Waals surface area contributed by atoms with Crippen LogP contribution in [0.1, 0.15) is 19.2 Å². The van der Waals surface area contributed by atoms with Crippen LogP contribution in [0.2, 0.25) is 0 Å². The fourth-order valence-corrected chi connectivity index (χ4v) is 4.68. The van der Waals surface area contributed by atoms with E-state index in [0.717, 1.165) is 0 Å². The van der Waals surface area contributed by atoms with Crippen LogP contribution in [-0.4, -0.2) is 47.4 Å². The molecular formula is C13H17N3O3S2. The average molecular weight is 327 g/mol. The molecule has 8 heteroatoms. The van der Waals surface area contributed by atoms with Gasteiger partial charge in [0.05, 0.1) is 23.6 Å². The van der Waals surface area contributed by atoms with Crippen LogP contribution in [0.3, 0.4) is 0 Å². The van der Waals surface area contributed by atoms with Crippen LogP contribution in [0.15, 0.2) is 16.2 Å². The van der Waals surface area contributed by atoms with E-state index in [9.17, 15) is 13.2 Å². The van der Waals surface area contributed by atoms with Gasteiger partial charge in [-0.3, -0.25) is 9.69 Å². The summed E-state index contributed by atoms with van der Waals surface area (Å²) in [5.74, 6) is 0.998. The van der Waals surface area contributed by atoms with Crippen molar-refractivity contribution in [3.05, 3.63) is 27.6 Å². The van der Waals surface area contributed by atoms with Crippen molar-refractivity contribution in [3.63, 3.8) is 0 Å². The number of aromatic nitrogens is 2. The SMILES string of the molecule is CC1CCS(=O)(=O)CCN1Cc1nc2ccsc2c(=O)[nH]1. The summed E-state index contributed by atoms with van der Waals surface area (Å²) in [7, 11) is -2.94. The number of thiophene rings is 1. The van der Waals surface area contributed by atoms with Crippen molar-refractivity contribution < 1.29 is 8.42 Å². The number of aromatic amines is 1. The van der Waals surface area contributed by atoms with E-state index in [-0.39, 0.29) is 23.1 Å². The maximum absolute atomic E-state index is 12.0. The van der Waals surface area contributed by atoms with Gasteiger partial charge in [0.25, 0.3) is 5.56 Å². The van der Waals surface area contributed by atoms with Crippen molar-refractivity contribution in [2.75, 3.05) is 18.1 Å². The first-order chi connectivity index (χ1) is 9.94. The second-order valence-corrected chi connectivity index (χ2v) is 8.63. The molecule has 1 saturated heterocycles. The predicted molar refractivity (Wildman–Crippen MR) is 83.4 cm³/mol. The molecule has 0 radical (unpaired) electrons. The first kappa shape index (κ1) is 14.7. The number of H-pyrrole nitrogens is 1. The second-order valence-electron chi connectivity index (χ2n) is 5.41. The Morgan fingerprint density at radius 2 is 2.29 bits per heavy atom. The van der Waals surface area contributed by atoms with Gasteiger partial charge in [0.15, 0.2) is 9.84 Å². The highest BCUT2D eigenvalue weighted by molar-refractivity contribution is 7.91. The maximum Gasteiger partial charge on any atom is 0.268 e. The van der Waals surface area contributed by atoms with Gasteiger partial charge in [-0.1, -0.05) is 0 Å². The summed E-state index contributed by atoms with van der Waals surface area (Å²) in [5, 5.41) is 1.85. The van der Waals surface area contributed by atoms with Gasteiger partial charge in [-0.25, -0.2) is 13.4 Å². The normalized spacial score (nSPS) is 23.2. The number of nitrogens with zero attached hydrogens (tertiary/aromatic N) is 2. The minimum Gasteiger partial charge on any atom is -0.308 e. The molecule has 1 N–H and O–H groups in total. The molecule has 0 aromatic carbocycles. The minimum atomic E-state index is -2.94. The number of nitrogens with one attached hydrogen (secondary N) is 1. The van der Waals surface area contributed by atoms with Crippen molar-refractivity contribution in [1.82, 2.24) is 14.9 Å². The van der Waals surface area contributed by atoms with Crippen LogP contribution in [0.25, 0.3) is 10.2 Å². The first-order valence-corrected chi connectivity index (χ1v) is 9.55. The Kier molecular flexibility index (Phi) is 3.85. The fraction of sp³-hybridized carbons (Fsp3) is 0.538. The van der Waals surface area contributed by atoms with Crippen molar-refractivity contribution >= 4 is 31.4 Å². The quantitative estimate of drug-likeness (QED) is 0.889. The van der Waals surface area contributed by atoms with Crippen LogP contribution in [0.5, 0.6) is 0 Å². The van der Waals surface area contributed by atoms with Gasteiger partial charge in [-0.2, -0.15) is 0 Å². The summed E-state index contributed by atoms with van der Waals surface area (Å²) in [5.41, 5.74) is 0.578. The third-order valence-corrected chi connectivity index (χ3v) is 6.44. The van der Waals surface area contributed by atoms with E-state index in [1.165, 1.54) is 11.3 Å². The van der Waals surface area contributed by atoms with Gasteiger partial charge in [0, 0.05) is 12.6 Å². The largest absolute Gasteiger partial charge is 0.308 e. The molecule has 114 valence electrons. The van der Waals surface area contributed by atoms with E-state index < -0.39 is 9.84 Å². The summed E-state index contributed by atoms with van der Waals surface area (Å²) < 4.78 is 24.0. The number of fused-ring (bicyclic) bond motifs is 1. The molecule has 1 atom stereocenters. The predicted octanol–water partition coefficient (Wildman–Crippen LogP) is 0.994. The zero-order chi connectivity index (χ0) is 15.0. The molecular weight excluding hydrogens is 310 g/mol. The summed E-state index contributed by atoms with van der Waals surface area (Å²) in [6.07, 6.45) is 0.618. The molecule has 0 saturated carbocycles. The molecule has 0 spiro atoms. The summed E-state index contributed by atoms with van der Waals surface area (Å²) in [6.45, 7) is 2.97. The van der Waals surface area contributed by atoms with Crippen LogP contribution in [-0.2, 0) is 16.4 Å². The Morgan fingerprint density at radius 1 is 1.48 bits per heavy atom. The molecule has 21 heavy (non-hydrogen) atoms. The van der Waals surface area contributed by atoms with Gasteiger partial charge in [-0.15, -0.1) is 11.3 Å². The lowest BCUT2D eigenvalue weighted by Gasteiger charge is -2.25. The van der Waals surface area contributed by atoms with Crippen molar-refractivity contribution in [2.45, 2.75) is 25.9 Å². The standard InChI is InChI=1S/C13H17N3O3S2/c1-9-3-6-21(18,19)7-4-16(9)8-11-14-10-2-5-20-12(10)13(17)15-11/h2,5,9H,3-4,6-8H2,1H3,(H,14,15,17). The Bertz CT molecular complexity index is 809. The molecule has 1 fully saturated rings. The zero-order valence-electron chi connectivity index (χ0n) is 11.7. The molecule has 2 aromatic rings. The third kappa shape index (κ3) is 3.17. The highest BCUT2D eigenvalue weighted by Crippen LogP contribution is 2.17. The third-order valence-electron chi connectivity index (χ3n) is 3.88. The lowest BCUT2D eigenvalue weighted by molar-refractivity contribution is 0.207. The molecule has 1 unspecified atom stereocenters. The summed E-state index contributed by atoms with van der Waals surface area (Å²) >= 11 is 1.37. The lowest BCUT2D eigenvalue weighted by atomic mass is 10.2. The number of sulfone groups is 1. The van der Waals surface area contributed by atoms with E-state index in [0.29, 0.717) is 35.6 Å². The van der Waals surface area contributed by atoms with Crippen molar-refractivity contribution in [3.8, 4) is 0 Å². The second kappa shape index (κ2) is 5.51. The smallest absolute Gasteiger partial charge is 0.268 e. The molecule has 1 aliphatic rings. The monoisotopic (exact) mass is 327 g/mol. The summed E-state index contributed by atoms with van der Waals surface area (Å²) in [4.78, 5) is 21.3. The molecule has 0 bridgehead atoms. The number of rotatable bonds is 2. The van der Waals surface area contributed by atoms with E-state index >= 15 is 0 Å². The van der Waals surface area contributed by atoms with Gasteiger partial charge in [0.1, 0.15) is 10.5 Å². The highest BCUT2D eigenvalue weighted by atomic mass is 32.2. The van der Waals surface area contributed by atoms with Crippen molar-refractivity contribution in [2.24, 2.45) is 0 Å². The Morgan fingerprint density at radius 3 is 3.10 bits per heavy atom. The summed E-state index contributed by atoms with van der Waals surface area (Å²) in [6, 6.07) is 1.99. The van der Waals surface area contributed by atoms with E-state index in [1.807, 2.05) is 18.4 Å². The van der Waals surface area contributed by atoms with Crippen LogP contribution < -0.4 is 5.56 Å². The minimum absolute atomic E-state index is 0.125. The van der Waals surface area contributed by atoms with Crippen LogP contribution in [0.4, 0.5) is 0 Å². The number of hydrogen-bond acceptors (Lipinski definition) is 6. The molecule has 0 amide bonds. The molecule has 0 aliphatic carbocycles. The molecule has 6 nitrogen and oxygen atoms in total. The molecule has 2 aromatic heterocycles. The zero-order valence-corrected chi connectivity index (χ0v) is 13.3. The molecule has 3 heterocycles. The maximum atomic E-state index is 12.0. The molecule has 1 aliphatic heterocycles. The molecule has 3 rings (SSSR count). The van der Waals surface area contributed by atoms with E-state index in [4.69, 9.17) is 0 Å². The van der Waals surface area contributed by atoms with Gasteiger partial charge < -0.3 is 4.98 Å². The van der Waals surface area contributed by atoms with Gasteiger partial charge >= 0.3 is 0 Å². The van der Waals surface area contributed by atoms with Crippen molar-refractivity contribution in [1.29, 1.82) is 0 Å². The van der Waals surface area contributed by atoms with Gasteiger partial charge in [0.2, 0.25) is 0 Å². The Balaban J connectivity index is 1.85. The van der Waals surface area contributed by atoms with Gasteiger partial charge in [-0.05, 0) is 24.8 Å². The topological polar surface area (TPSA) is 83.1 Å². The van der Waals surface area contributed by atoms with Crippen LogP contribution in [0, 0.1) is 0 Å². The average Bonchev–Trinajstić information content (AvgIpc) is 2.85. The fourth-order valence-electron chi connectivity index (χ4n) is 2.54. The van der Waals surface area contributed by atoms with Crippen LogP contribution >= 0.6 is 11.3 Å². The highest BCUT2D eigenvalue weighted by Gasteiger charge is 2.25. The Hall–Kier alpha value is -1.25. The Labute approximate surface area is 126 Å². The number of hydrogen-bond donors (Lipinski definition) is 1. The lowest BCUT2D eigenvalue weighted by Crippen LogP contribution is -2.34. The van der Waals surface area contributed by atoms with E-state index in [2.05, 4.69) is 14.9 Å². The van der Waals surface area contributed by atoms with E-state index in [1.54, 1.807) is 0 Å². The first-order valence-electron chi connectivity index (χ1n) is 6.85.